The quantitative estimate of drug-likeness (QED) is 0.912. The van der Waals surface area contributed by atoms with Crippen LogP contribution in [0.15, 0.2) is 31.8 Å². The number of nitrogens with one attached hydrogen (secondary N) is 1. The minimum absolute atomic E-state index is 0.243. The molecule has 0 amide bonds. The standard InChI is InChI=1S/C12H14BrNOS/c1-8-3-4-11(15-8)9(2)14-6-10-5-12(13)16-7-10/h3-5,7,9,14H,6H2,1-2H3. The molecule has 0 spiro atoms. The van der Waals surface area contributed by atoms with E-state index in [-0.39, 0.29) is 6.04 Å². The molecule has 0 radical (unpaired) electrons. The van der Waals surface area contributed by atoms with Crippen molar-refractivity contribution in [1.29, 1.82) is 0 Å². The second-order valence-corrected chi connectivity index (χ2v) is 6.10. The van der Waals surface area contributed by atoms with Gasteiger partial charge in [-0.3, -0.25) is 0 Å². The molecule has 0 aliphatic rings. The summed E-state index contributed by atoms with van der Waals surface area (Å²) in [6, 6.07) is 6.40. The minimum atomic E-state index is 0.243. The Hall–Kier alpha value is -0.580. The van der Waals surface area contributed by atoms with Gasteiger partial charge in [0.05, 0.1) is 9.83 Å². The maximum atomic E-state index is 5.57. The molecular weight excluding hydrogens is 286 g/mol. The minimum Gasteiger partial charge on any atom is -0.465 e. The zero-order chi connectivity index (χ0) is 11.5. The summed E-state index contributed by atoms with van der Waals surface area (Å²) in [6.45, 7) is 4.94. The molecule has 0 aromatic carbocycles. The molecule has 4 heteroatoms. The van der Waals surface area contributed by atoms with Gasteiger partial charge in [0, 0.05) is 6.54 Å². The van der Waals surface area contributed by atoms with Crippen LogP contribution in [0, 0.1) is 6.92 Å². The lowest BCUT2D eigenvalue weighted by Crippen LogP contribution is -2.17. The number of rotatable bonds is 4. The summed E-state index contributed by atoms with van der Waals surface area (Å²) in [4.78, 5) is 0. The summed E-state index contributed by atoms with van der Waals surface area (Å²) in [5, 5.41) is 5.58. The van der Waals surface area contributed by atoms with Crippen molar-refractivity contribution in [3.05, 3.63) is 44.4 Å². The molecule has 2 aromatic rings. The summed E-state index contributed by atoms with van der Waals surface area (Å²) < 4.78 is 6.74. The lowest BCUT2D eigenvalue weighted by molar-refractivity contribution is 0.416. The van der Waals surface area contributed by atoms with Crippen molar-refractivity contribution >= 4 is 27.3 Å². The van der Waals surface area contributed by atoms with Gasteiger partial charge in [0.25, 0.3) is 0 Å². The lowest BCUT2D eigenvalue weighted by atomic mass is 10.2. The van der Waals surface area contributed by atoms with E-state index in [0.29, 0.717) is 0 Å². The second-order valence-electron chi connectivity index (χ2n) is 3.81. The van der Waals surface area contributed by atoms with Gasteiger partial charge in [-0.15, -0.1) is 11.3 Å². The highest BCUT2D eigenvalue weighted by Crippen LogP contribution is 2.21. The molecule has 0 aliphatic heterocycles. The smallest absolute Gasteiger partial charge is 0.120 e. The van der Waals surface area contributed by atoms with Crippen molar-refractivity contribution in [2.75, 3.05) is 0 Å². The number of furan rings is 1. The Labute approximate surface area is 108 Å². The van der Waals surface area contributed by atoms with Crippen LogP contribution in [0.25, 0.3) is 0 Å². The predicted octanol–water partition coefficient (Wildman–Crippen LogP) is 4.26. The van der Waals surface area contributed by atoms with Crippen LogP contribution in [-0.4, -0.2) is 0 Å². The van der Waals surface area contributed by atoms with Crippen LogP contribution in [0.3, 0.4) is 0 Å². The number of hydrogen-bond donors (Lipinski definition) is 1. The Balaban J connectivity index is 1.91. The molecular formula is C12H14BrNOS. The van der Waals surface area contributed by atoms with Gasteiger partial charge in [0.1, 0.15) is 11.5 Å². The average Bonchev–Trinajstić information content (AvgIpc) is 2.84. The zero-order valence-electron chi connectivity index (χ0n) is 9.29. The molecule has 1 atom stereocenters. The highest BCUT2D eigenvalue weighted by molar-refractivity contribution is 9.11. The first-order valence-electron chi connectivity index (χ1n) is 5.18. The van der Waals surface area contributed by atoms with Crippen LogP contribution in [0.2, 0.25) is 0 Å². The topological polar surface area (TPSA) is 25.2 Å². The van der Waals surface area contributed by atoms with Gasteiger partial charge >= 0.3 is 0 Å². The Morgan fingerprint density at radius 2 is 2.31 bits per heavy atom. The molecule has 0 saturated heterocycles. The lowest BCUT2D eigenvalue weighted by Gasteiger charge is -2.10. The maximum absolute atomic E-state index is 5.57. The molecule has 2 heterocycles. The summed E-state index contributed by atoms with van der Waals surface area (Å²) in [5.74, 6) is 1.95. The molecule has 2 nitrogen and oxygen atoms in total. The van der Waals surface area contributed by atoms with Crippen LogP contribution in [0.1, 0.15) is 30.0 Å². The van der Waals surface area contributed by atoms with Crippen LogP contribution >= 0.6 is 27.3 Å². The molecule has 1 unspecified atom stereocenters. The van der Waals surface area contributed by atoms with Crippen molar-refractivity contribution in [1.82, 2.24) is 5.32 Å². The normalized spacial score (nSPS) is 12.9. The van der Waals surface area contributed by atoms with E-state index in [9.17, 15) is 0 Å². The summed E-state index contributed by atoms with van der Waals surface area (Å²) >= 11 is 5.17. The van der Waals surface area contributed by atoms with Crippen molar-refractivity contribution in [2.45, 2.75) is 26.4 Å². The van der Waals surface area contributed by atoms with E-state index < -0.39 is 0 Å². The third-order valence-corrected chi connectivity index (χ3v) is 3.98. The number of hydrogen-bond acceptors (Lipinski definition) is 3. The molecule has 16 heavy (non-hydrogen) atoms. The van der Waals surface area contributed by atoms with E-state index in [1.165, 1.54) is 9.35 Å². The van der Waals surface area contributed by atoms with Gasteiger partial charge in [-0.2, -0.15) is 0 Å². The van der Waals surface area contributed by atoms with E-state index in [0.717, 1.165) is 18.1 Å². The van der Waals surface area contributed by atoms with E-state index in [2.05, 4.69) is 39.6 Å². The monoisotopic (exact) mass is 299 g/mol. The average molecular weight is 300 g/mol. The van der Waals surface area contributed by atoms with Gasteiger partial charge in [-0.1, -0.05) is 0 Å². The molecule has 1 N–H and O–H groups in total. The van der Waals surface area contributed by atoms with Gasteiger partial charge in [-0.25, -0.2) is 0 Å². The largest absolute Gasteiger partial charge is 0.465 e. The van der Waals surface area contributed by atoms with E-state index in [1.54, 1.807) is 11.3 Å². The van der Waals surface area contributed by atoms with Crippen LogP contribution in [0.4, 0.5) is 0 Å². The fourth-order valence-corrected chi connectivity index (χ4v) is 2.71. The second kappa shape index (κ2) is 5.17. The summed E-state index contributed by atoms with van der Waals surface area (Å²) in [7, 11) is 0. The van der Waals surface area contributed by atoms with Crippen molar-refractivity contribution in [3.63, 3.8) is 0 Å². The van der Waals surface area contributed by atoms with Crippen LogP contribution in [0.5, 0.6) is 0 Å². The van der Waals surface area contributed by atoms with Gasteiger partial charge < -0.3 is 9.73 Å². The van der Waals surface area contributed by atoms with Gasteiger partial charge in [0.15, 0.2) is 0 Å². The first kappa shape index (κ1) is 11.9. The number of thiophene rings is 1. The van der Waals surface area contributed by atoms with E-state index in [4.69, 9.17) is 4.42 Å². The van der Waals surface area contributed by atoms with Crippen molar-refractivity contribution in [2.24, 2.45) is 0 Å². The SMILES string of the molecule is Cc1ccc(C(C)NCc2csc(Br)c2)o1. The first-order chi connectivity index (χ1) is 7.65. The van der Waals surface area contributed by atoms with E-state index in [1.807, 2.05) is 19.1 Å². The Morgan fingerprint density at radius 1 is 1.50 bits per heavy atom. The Bertz CT molecular complexity index is 463. The van der Waals surface area contributed by atoms with Gasteiger partial charge in [0.2, 0.25) is 0 Å². The molecule has 0 bridgehead atoms. The molecule has 2 aromatic heterocycles. The fourth-order valence-electron chi connectivity index (χ4n) is 1.50. The predicted molar refractivity (Wildman–Crippen MR) is 70.7 cm³/mol. The highest BCUT2D eigenvalue weighted by Gasteiger charge is 2.08. The third kappa shape index (κ3) is 2.97. The molecule has 0 aliphatic carbocycles. The third-order valence-electron chi connectivity index (χ3n) is 2.42. The number of aryl methyl sites for hydroxylation is 1. The molecule has 2 rings (SSSR count). The molecule has 0 saturated carbocycles. The summed E-state index contributed by atoms with van der Waals surface area (Å²) in [5.41, 5.74) is 1.30. The zero-order valence-corrected chi connectivity index (χ0v) is 11.7. The Kier molecular flexibility index (Phi) is 3.84. The van der Waals surface area contributed by atoms with Crippen LogP contribution in [-0.2, 0) is 6.54 Å². The highest BCUT2D eigenvalue weighted by atomic mass is 79.9. The van der Waals surface area contributed by atoms with Crippen molar-refractivity contribution < 1.29 is 4.42 Å². The fraction of sp³-hybridized carbons (Fsp3) is 0.333. The summed E-state index contributed by atoms with van der Waals surface area (Å²) in [6.07, 6.45) is 0. The molecule has 0 fully saturated rings. The Morgan fingerprint density at radius 3 is 2.88 bits per heavy atom. The maximum Gasteiger partial charge on any atom is 0.120 e. The number of halogens is 1. The molecule has 86 valence electrons. The van der Waals surface area contributed by atoms with E-state index >= 15 is 0 Å². The van der Waals surface area contributed by atoms with Crippen molar-refractivity contribution in [3.8, 4) is 0 Å². The first-order valence-corrected chi connectivity index (χ1v) is 6.85. The van der Waals surface area contributed by atoms with Crippen LogP contribution < -0.4 is 5.32 Å². The van der Waals surface area contributed by atoms with Gasteiger partial charge in [-0.05, 0) is 58.9 Å².